The van der Waals surface area contributed by atoms with Crippen LogP contribution >= 0.6 is 0 Å². The molecule has 0 saturated carbocycles. The lowest BCUT2D eigenvalue weighted by Gasteiger charge is -2.42. The lowest BCUT2D eigenvalue weighted by Crippen LogP contribution is -2.27. The Hall–Kier alpha value is -3.26. The largest absolute Gasteiger partial charge is 0.507 e. The molecule has 2 N–H and O–H groups in total. The summed E-state index contributed by atoms with van der Waals surface area (Å²) in [6.07, 6.45) is 0. The van der Waals surface area contributed by atoms with Crippen LogP contribution in [0.3, 0.4) is 0 Å². The number of aromatic hydroxyl groups is 2. The van der Waals surface area contributed by atoms with Crippen molar-refractivity contribution in [1.82, 2.24) is 0 Å². The van der Waals surface area contributed by atoms with Crippen molar-refractivity contribution in [3.8, 4) is 11.5 Å². The molecular weight excluding hydrogens is 320 g/mol. The number of rotatable bonds is 0. The Labute approximate surface area is 151 Å². The summed E-state index contributed by atoms with van der Waals surface area (Å²) in [5.41, 5.74) is 6.65. The fraction of sp³-hybridized carbons (Fsp3) is 0.0833. The predicted octanol–water partition coefficient (Wildman–Crippen LogP) is 5.24. The second kappa shape index (κ2) is 4.67. The van der Waals surface area contributed by atoms with E-state index in [1.807, 2.05) is 24.3 Å². The molecule has 0 heterocycles. The molecule has 7 rings (SSSR count). The van der Waals surface area contributed by atoms with Crippen LogP contribution in [0.25, 0.3) is 10.8 Å². The molecule has 0 aliphatic heterocycles. The molecule has 4 aromatic carbocycles. The van der Waals surface area contributed by atoms with E-state index < -0.39 is 0 Å². The lowest BCUT2D eigenvalue weighted by molar-refractivity contribution is 0.450. The summed E-state index contributed by atoms with van der Waals surface area (Å²) in [5, 5.41) is 23.8. The van der Waals surface area contributed by atoms with Gasteiger partial charge >= 0.3 is 0 Å². The van der Waals surface area contributed by atoms with E-state index >= 15 is 0 Å². The third-order valence-corrected chi connectivity index (χ3v) is 6.05. The van der Waals surface area contributed by atoms with Crippen molar-refractivity contribution < 1.29 is 10.2 Å². The van der Waals surface area contributed by atoms with Crippen LogP contribution in [-0.2, 0) is 0 Å². The number of hydrogen-bond donors (Lipinski definition) is 2. The van der Waals surface area contributed by atoms with Gasteiger partial charge in [0.1, 0.15) is 11.5 Å². The number of benzene rings is 4. The van der Waals surface area contributed by atoms with E-state index in [2.05, 4.69) is 48.5 Å². The molecule has 0 aromatic heterocycles. The summed E-state index contributed by atoms with van der Waals surface area (Å²) in [6, 6.07) is 24.4. The van der Waals surface area contributed by atoms with Gasteiger partial charge < -0.3 is 10.2 Å². The Morgan fingerprint density at radius 3 is 1.12 bits per heavy atom. The summed E-state index contributed by atoms with van der Waals surface area (Å²) in [6.45, 7) is 0. The van der Waals surface area contributed by atoms with Gasteiger partial charge in [-0.1, -0.05) is 72.8 Å². The first kappa shape index (κ1) is 14.0. The first-order valence-corrected chi connectivity index (χ1v) is 8.91. The highest BCUT2D eigenvalue weighted by molar-refractivity contribution is 5.98. The summed E-state index contributed by atoms with van der Waals surface area (Å²) in [4.78, 5) is 0. The van der Waals surface area contributed by atoms with E-state index in [1.54, 1.807) is 0 Å². The van der Waals surface area contributed by atoms with Crippen LogP contribution in [0.5, 0.6) is 11.5 Å². The SMILES string of the molecule is Oc1c2c(c(O)c3ccccc13)C1c3ccccc3C2c2ccccc21. The number of phenolic OH excluding ortho intramolecular Hbond substituents is 2. The summed E-state index contributed by atoms with van der Waals surface area (Å²) < 4.78 is 0. The molecule has 0 saturated heterocycles. The molecule has 0 fully saturated rings. The second-order valence-electron chi connectivity index (χ2n) is 7.19. The molecule has 0 amide bonds. The Balaban J connectivity index is 1.83. The van der Waals surface area contributed by atoms with Crippen LogP contribution in [0.15, 0.2) is 72.8 Å². The van der Waals surface area contributed by atoms with Crippen LogP contribution in [0.2, 0.25) is 0 Å². The second-order valence-corrected chi connectivity index (χ2v) is 7.19. The number of phenols is 2. The van der Waals surface area contributed by atoms with Gasteiger partial charge in [-0.2, -0.15) is 0 Å². The van der Waals surface area contributed by atoms with Gasteiger partial charge in [0.15, 0.2) is 0 Å². The van der Waals surface area contributed by atoms with Gasteiger partial charge in [-0.25, -0.2) is 0 Å². The van der Waals surface area contributed by atoms with Gasteiger partial charge in [0.25, 0.3) is 0 Å². The maximum Gasteiger partial charge on any atom is 0.128 e. The van der Waals surface area contributed by atoms with Crippen LogP contribution in [0, 0.1) is 0 Å². The van der Waals surface area contributed by atoms with Crippen molar-refractivity contribution in [3.63, 3.8) is 0 Å². The van der Waals surface area contributed by atoms with E-state index in [1.165, 1.54) is 22.3 Å². The third kappa shape index (κ3) is 1.49. The maximum atomic E-state index is 11.2. The zero-order valence-corrected chi connectivity index (χ0v) is 14.0. The average Bonchev–Trinajstić information content (AvgIpc) is 2.71. The predicted molar refractivity (Wildman–Crippen MR) is 102 cm³/mol. The lowest BCUT2D eigenvalue weighted by atomic mass is 9.60. The topological polar surface area (TPSA) is 40.5 Å². The highest BCUT2D eigenvalue weighted by atomic mass is 16.3. The number of fused-ring (bicyclic) bond motifs is 1. The van der Waals surface area contributed by atoms with Gasteiger partial charge in [0, 0.05) is 33.7 Å². The number of hydrogen-bond acceptors (Lipinski definition) is 2. The highest BCUT2D eigenvalue weighted by Gasteiger charge is 2.44. The quantitative estimate of drug-likeness (QED) is 0.373. The van der Waals surface area contributed by atoms with Crippen molar-refractivity contribution in [1.29, 1.82) is 0 Å². The highest BCUT2D eigenvalue weighted by Crippen LogP contribution is 2.61. The molecule has 124 valence electrons. The molecule has 2 heteroatoms. The fourth-order valence-corrected chi connectivity index (χ4v) is 5.06. The molecule has 0 radical (unpaired) electrons. The normalized spacial score (nSPS) is 19.1. The minimum atomic E-state index is -0.0436. The summed E-state index contributed by atoms with van der Waals surface area (Å²) in [5.74, 6) is 0.510. The van der Waals surface area contributed by atoms with Crippen LogP contribution in [-0.4, -0.2) is 10.2 Å². The zero-order chi connectivity index (χ0) is 17.4. The van der Waals surface area contributed by atoms with Gasteiger partial charge in [-0.15, -0.1) is 0 Å². The molecule has 3 aliphatic carbocycles. The zero-order valence-electron chi connectivity index (χ0n) is 14.0. The molecule has 26 heavy (non-hydrogen) atoms. The van der Waals surface area contributed by atoms with Gasteiger partial charge in [-0.3, -0.25) is 0 Å². The molecule has 0 atom stereocenters. The van der Waals surface area contributed by atoms with E-state index in [-0.39, 0.29) is 11.8 Å². The average molecular weight is 336 g/mol. The smallest absolute Gasteiger partial charge is 0.128 e. The molecule has 3 aliphatic rings. The molecular formula is C24H16O2. The van der Waals surface area contributed by atoms with Gasteiger partial charge in [-0.05, 0) is 22.3 Å². The Bertz CT molecular complexity index is 1080. The van der Waals surface area contributed by atoms with Crippen LogP contribution in [0.4, 0.5) is 0 Å². The van der Waals surface area contributed by atoms with E-state index in [4.69, 9.17) is 0 Å². The van der Waals surface area contributed by atoms with Crippen LogP contribution in [0.1, 0.15) is 45.2 Å². The van der Waals surface area contributed by atoms with Crippen LogP contribution < -0.4 is 0 Å². The standard InChI is InChI=1S/C24H16O2/c25-23-17-11-5-6-12-18(17)24(26)22-20-14-8-2-1-7-13(14)19(21(22)23)15-9-3-4-10-16(15)20/h1-12,19-20,25-26H. The molecule has 4 aromatic rings. The molecule has 2 bridgehead atoms. The Morgan fingerprint density at radius 2 is 0.769 bits per heavy atom. The fourth-order valence-electron chi connectivity index (χ4n) is 5.06. The van der Waals surface area contributed by atoms with Crippen molar-refractivity contribution in [3.05, 3.63) is 106 Å². The van der Waals surface area contributed by atoms with Crippen molar-refractivity contribution in [2.45, 2.75) is 11.8 Å². The minimum Gasteiger partial charge on any atom is -0.507 e. The van der Waals surface area contributed by atoms with Gasteiger partial charge in [0.05, 0.1) is 0 Å². The van der Waals surface area contributed by atoms with Crippen molar-refractivity contribution in [2.24, 2.45) is 0 Å². The first-order valence-electron chi connectivity index (χ1n) is 8.91. The Kier molecular flexibility index (Phi) is 2.51. The van der Waals surface area contributed by atoms with E-state index in [0.29, 0.717) is 22.3 Å². The summed E-state index contributed by atoms with van der Waals surface area (Å²) >= 11 is 0. The minimum absolute atomic E-state index is 0.0436. The Morgan fingerprint density at radius 1 is 0.462 bits per heavy atom. The molecule has 0 unspecified atom stereocenters. The third-order valence-electron chi connectivity index (χ3n) is 6.05. The van der Waals surface area contributed by atoms with Crippen molar-refractivity contribution >= 4 is 10.8 Å². The molecule has 2 nitrogen and oxygen atoms in total. The van der Waals surface area contributed by atoms with E-state index in [0.717, 1.165) is 11.1 Å². The monoisotopic (exact) mass is 336 g/mol. The first-order chi connectivity index (χ1) is 12.8. The van der Waals surface area contributed by atoms with Crippen molar-refractivity contribution in [2.75, 3.05) is 0 Å². The van der Waals surface area contributed by atoms with Gasteiger partial charge in [0.2, 0.25) is 0 Å². The molecule has 0 spiro atoms. The maximum absolute atomic E-state index is 11.2. The summed E-state index contributed by atoms with van der Waals surface area (Å²) in [7, 11) is 0. The van der Waals surface area contributed by atoms with E-state index in [9.17, 15) is 10.2 Å².